The highest BCUT2D eigenvalue weighted by Crippen LogP contribution is 2.33. The molecule has 7 heteroatoms. The van der Waals surface area contributed by atoms with E-state index in [9.17, 15) is 0 Å². The van der Waals surface area contributed by atoms with Crippen LogP contribution in [0.5, 0.6) is 11.5 Å². The third-order valence-corrected chi connectivity index (χ3v) is 2.51. The van der Waals surface area contributed by atoms with Crippen LogP contribution in [0.15, 0.2) is 24.4 Å². The second-order valence-corrected chi connectivity index (χ2v) is 3.93. The van der Waals surface area contributed by atoms with Gasteiger partial charge in [0.2, 0.25) is 5.28 Å². The van der Waals surface area contributed by atoms with E-state index in [-0.39, 0.29) is 5.28 Å². The van der Waals surface area contributed by atoms with Gasteiger partial charge in [-0.15, -0.1) is 5.10 Å². The molecule has 6 nitrogen and oxygen atoms in total. The number of hydrogen-bond acceptors (Lipinski definition) is 6. The molecule has 0 radical (unpaired) electrons. The van der Waals surface area contributed by atoms with Crippen molar-refractivity contribution < 1.29 is 9.47 Å². The molecule has 0 aliphatic carbocycles. The van der Waals surface area contributed by atoms with E-state index < -0.39 is 0 Å². The number of halogens is 1. The maximum Gasteiger partial charge on any atom is 0.244 e. The molecule has 1 aromatic carbocycles. The largest absolute Gasteiger partial charge is 0.486 e. The van der Waals surface area contributed by atoms with E-state index in [1.807, 2.05) is 18.2 Å². The Hall–Kier alpha value is -2.08. The van der Waals surface area contributed by atoms with Gasteiger partial charge in [-0.2, -0.15) is 10.1 Å². The topological polar surface area (TPSA) is 69.2 Å². The van der Waals surface area contributed by atoms with Crippen LogP contribution < -0.4 is 14.8 Å². The van der Waals surface area contributed by atoms with Crippen molar-refractivity contribution in [2.75, 3.05) is 18.5 Å². The minimum absolute atomic E-state index is 0.0949. The van der Waals surface area contributed by atoms with Gasteiger partial charge >= 0.3 is 0 Å². The Kier molecular flexibility index (Phi) is 2.85. The molecule has 0 atom stereocenters. The van der Waals surface area contributed by atoms with Crippen LogP contribution in [0, 0.1) is 0 Å². The van der Waals surface area contributed by atoms with Crippen LogP contribution in [0.3, 0.4) is 0 Å². The second-order valence-electron chi connectivity index (χ2n) is 3.59. The molecule has 92 valence electrons. The van der Waals surface area contributed by atoms with E-state index in [1.165, 1.54) is 6.20 Å². The van der Waals surface area contributed by atoms with Crippen LogP contribution >= 0.6 is 11.6 Å². The van der Waals surface area contributed by atoms with E-state index >= 15 is 0 Å². The number of hydrogen-bond donors (Lipinski definition) is 1. The Balaban J connectivity index is 1.85. The summed E-state index contributed by atoms with van der Waals surface area (Å²) < 4.78 is 10.9. The van der Waals surface area contributed by atoms with Crippen LogP contribution in [0.25, 0.3) is 0 Å². The van der Waals surface area contributed by atoms with Gasteiger partial charge in [-0.25, -0.2) is 0 Å². The first-order chi connectivity index (χ1) is 8.81. The molecule has 1 aromatic heterocycles. The summed E-state index contributed by atoms with van der Waals surface area (Å²) in [7, 11) is 0. The Bertz CT molecular complexity index is 579. The maximum absolute atomic E-state index is 5.66. The van der Waals surface area contributed by atoms with Crippen LogP contribution in [0.2, 0.25) is 5.28 Å². The summed E-state index contributed by atoms with van der Waals surface area (Å²) in [5, 5.41) is 10.4. The molecule has 0 amide bonds. The van der Waals surface area contributed by atoms with Gasteiger partial charge in [0.15, 0.2) is 17.3 Å². The lowest BCUT2D eigenvalue weighted by Crippen LogP contribution is -2.15. The Labute approximate surface area is 108 Å². The van der Waals surface area contributed by atoms with Gasteiger partial charge in [-0.1, -0.05) is 0 Å². The summed E-state index contributed by atoms with van der Waals surface area (Å²) in [5.41, 5.74) is 0.816. The molecule has 1 N–H and O–H groups in total. The first-order valence-corrected chi connectivity index (χ1v) is 5.71. The molecular weight excluding hydrogens is 256 g/mol. The summed E-state index contributed by atoms with van der Waals surface area (Å²) in [4.78, 5) is 3.99. The number of fused-ring (bicyclic) bond motifs is 1. The standard InChI is InChI=1S/C11H9ClN4O2/c12-11-15-10(6-13-16-11)14-7-1-2-8-9(5-7)18-4-3-17-8/h1-2,5-6H,3-4H2,(H,14,15,16). The van der Waals surface area contributed by atoms with Crippen molar-refractivity contribution in [2.45, 2.75) is 0 Å². The number of benzene rings is 1. The van der Waals surface area contributed by atoms with Crippen LogP contribution in [-0.4, -0.2) is 28.4 Å². The number of nitrogens with one attached hydrogen (secondary N) is 1. The summed E-state index contributed by atoms with van der Waals surface area (Å²) in [6.07, 6.45) is 1.49. The van der Waals surface area contributed by atoms with Gasteiger partial charge in [-0.3, -0.25) is 0 Å². The molecule has 1 aliphatic heterocycles. The highest BCUT2D eigenvalue weighted by Gasteiger charge is 2.11. The molecule has 2 aromatic rings. The van der Waals surface area contributed by atoms with E-state index in [0.717, 1.165) is 11.4 Å². The average Bonchev–Trinajstić information content (AvgIpc) is 2.39. The normalized spacial score (nSPS) is 13.2. The predicted molar refractivity (Wildman–Crippen MR) is 65.6 cm³/mol. The van der Waals surface area contributed by atoms with Crippen LogP contribution in [0.4, 0.5) is 11.5 Å². The van der Waals surface area contributed by atoms with Crippen molar-refractivity contribution >= 4 is 23.1 Å². The lowest BCUT2D eigenvalue weighted by molar-refractivity contribution is 0.171. The molecule has 0 bridgehead atoms. The van der Waals surface area contributed by atoms with Crippen LogP contribution in [-0.2, 0) is 0 Å². The zero-order valence-corrected chi connectivity index (χ0v) is 10.0. The number of anilines is 2. The molecule has 0 saturated carbocycles. The smallest absolute Gasteiger partial charge is 0.244 e. The molecule has 3 rings (SSSR count). The minimum atomic E-state index is 0.0949. The number of ether oxygens (including phenoxy) is 2. The molecule has 1 aliphatic rings. The Morgan fingerprint density at radius 1 is 1.17 bits per heavy atom. The molecular formula is C11H9ClN4O2. The van der Waals surface area contributed by atoms with Gasteiger partial charge < -0.3 is 14.8 Å². The first-order valence-electron chi connectivity index (χ1n) is 5.33. The molecule has 0 fully saturated rings. The molecule has 18 heavy (non-hydrogen) atoms. The van der Waals surface area contributed by atoms with Gasteiger partial charge in [-0.05, 0) is 23.7 Å². The average molecular weight is 265 g/mol. The fourth-order valence-corrected chi connectivity index (χ4v) is 1.75. The fourth-order valence-electron chi connectivity index (χ4n) is 1.61. The Morgan fingerprint density at radius 2 is 2.00 bits per heavy atom. The van der Waals surface area contributed by atoms with E-state index in [2.05, 4.69) is 20.5 Å². The monoisotopic (exact) mass is 264 g/mol. The first kappa shape index (κ1) is 11.0. The summed E-state index contributed by atoms with van der Waals surface area (Å²) >= 11 is 5.66. The molecule has 0 saturated heterocycles. The van der Waals surface area contributed by atoms with Crippen molar-refractivity contribution in [3.63, 3.8) is 0 Å². The zero-order chi connectivity index (χ0) is 12.4. The van der Waals surface area contributed by atoms with E-state index in [1.54, 1.807) is 0 Å². The summed E-state index contributed by atoms with van der Waals surface area (Å²) in [6.45, 7) is 1.13. The van der Waals surface area contributed by atoms with Crippen molar-refractivity contribution in [1.29, 1.82) is 0 Å². The second kappa shape index (κ2) is 4.66. The van der Waals surface area contributed by atoms with Gasteiger partial charge in [0.1, 0.15) is 13.2 Å². The van der Waals surface area contributed by atoms with Crippen molar-refractivity contribution in [1.82, 2.24) is 15.2 Å². The highest BCUT2D eigenvalue weighted by atomic mass is 35.5. The number of nitrogens with zero attached hydrogens (tertiary/aromatic N) is 3. The van der Waals surface area contributed by atoms with Gasteiger partial charge in [0.05, 0.1) is 6.20 Å². The van der Waals surface area contributed by atoms with Gasteiger partial charge in [0.25, 0.3) is 0 Å². The zero-order valence-electron chi connectivity index (χ0n) is 9.26. The summed E-state index contributed by atoms with van der Waals surface area (Å²) in [5.74, 6) is 1.97. The SMILES string of the molecule is Clc1nncc(Nc2ccc3c(c2)OCCO3)n1. The summed E-state index contributed by atoms with van der Waals surface area (Å²) in [6, 6.07) is 5.54. The predicted octanol–water partition coefficient (Wildman–Crippen LogP) is 2.04. The third kappa shape index (κ3) is 2.28. The fraction of sp³-hybridized carbons (Fsp3) is 0.182. The van der Waals surface area contributed by atoms with Crippen molar-refractivity contribution in [3.05, 3.63) is 29.7 Å². The third-order valence-electron chi connectivity index (χ3n) is 2.35. The molecule has 0 unspecified atom stereocenters. The lowest BCUT2D eigenvalue weighted by atomic mass is 10.2. The van der Waals surface area contributed by atoms with E-state index in [0.29, 0.717) is 24.8 Å². The Morgan fingerprint density at radius 3 is 2.83 bits per heavy atom. The van der Waals surface area contributed by atoms with Crippen molar-refractivity contribution in [2.24, 2.45) is 0 Å². The molecule has 0 spiro atoms. The van der Waals surface area contributed by atoms with E-state index in [4.69, 9.17) is 21.1 Å². The number of rotatable bonds is 2. The molecule has 2 heterocycles. The minimum Gasteiger partial charge on any atom is -0.486 e. The highest BCUT2D eigenvalue weighted by molar-refractivity contribution is 6.28. The van der Waals surface area contributed by atoms with Crippen LogP contribution in [0.1, 0.15) is 0 Å². The lowest BCUT2D eigenvalue weighted by Gasteiger charge is -2.19. The van der Waals surface area contributed by atoms with Gasteiger partial charge in [0, 0.05) is 11.8 Å². The quantitative estimate of drug-likeness (QED) is 0.895. The van der Waals surface area contributed by atoms with Crippen molar-refractivity contribution in [3.8, 4) is 11.5 Å². The number of aromatic nitrogens is 3. The maximum atomic E-state index is 5.66.